The number of imidazole rings is 1. The van der Waals surface area contributed by atoms with E-state index in [1.807, 2.05) is 30.3 Å². The number of para-hydroxylation sites is 3. The Bertz CT molecular complexity index is 2590. The summed E-state index contributed by atoms with van der Waals surface area (Å²) >= 11 is 0. The lowest BCUT2D eigenvalue weighted by atomic mass is 10.0. The number of rotatable bonds is 6. The number of benzene rings is 7. The van der Waals surface area contributed by atoms with Gasteiger partial charge in [-0.15, -0.1) is 0 Å². The molecule has 230 valence electrons. The van der Waals surface area contributed by atoms with E-state index in [0.29, 0.717) is 5.82 Å². The lowest BCUT2D eigenvalue weighted by Crippen LogP contribution is -1.97. The zero-order valence-electron chi connectivity index (χ0n) is 26.6. The van der Waals surface area contributed by atoms with Crippen molar-refractivity contribution < 1.29 is 0 Å². The van der Waals surface area contributed by atoms with Crippen molar-refractivity contribution in [1.29, 1.82) is 0 Å². The van der Waals surface area contributed by atoms with E-state index < -0.39 is 0 Å². The van der Waals surface area contributed by atoms with E-state index in [1.165, 1.54) is 10.8 Å². The summed E-state index contributed by atoms with van der Waals surface area (Å²) in [5.41, 5.74) is 11.3. The SMILES string of the molecule is c1ccc(-c2cc(-c3ccc4ccccc4c3)nc(-c3cccc(-c4ccc(-c5nc6ccccc6n5-c5ccccc5)cc4)c3)n2)cc1. The largest absolute Gasteiger partial charge is 0.292 e. The number of fused-ring (bicyclic) bond motifs is 2. The van der Waals surface area contributed by atoms with Crippen molar-refractivity contribution in [2.45, 2.75) is 0 Å². The topological polar surface area (TPSA) is 43.6 Å². The van der Waals surface area contributed by atoms with Crippen LogP contribution in [0.2, 0.25) is 0 Å². The Morgan fingerprint density at radius 1 is 0.347 bits per heavy atom. The minimum absolute atomic E-state index is 0.694. The Labute approximate surface area is 284 Å². The lowest BCUT2D eigenvalue weighted by Gasteiger charge is -2.12. The van der Waals surface area contributed by atoms with Gasteiger partial charge in [-0.3, -0.25) is 4.57 Å². The predicted octanol–water partition coefficient (Wildman–Crippen LogP) is 11.3. The molecule has 49 heavy (non-hydrogen) atoms. The second kappa shape index (κ2) is 12.2. The fourth-order valence-corrected chi connectivity index (χ4v) is 6.54. The highest BCUT2D eigenvalue weighted by atomic mass is 15.1. The van der Waals surface area contributed by atoms with Crippen molar-refractivity contribution >= 4 is 21.8 Å². The number of aromatic nitrogens is 4. The molecule has 9 rings (SSSR count). The van der Waals surface area contributed by atoms with Crippen LogP contribution in [0.1, 0.15) is 0 Å². The molecule has 0 spiro atoms. The fourth-order valence-electron chi connectivity index (χ4n) is 6.54. The maximum absolute atomic E-state index is 5.13. The minimum Gasteiger partial charge on any atom is -0.292 e. The number of hydrogen-bond acceptors (Lipinski definition) is 3. The molecule has 2 aromatic heterocycles. The van der Waals surface area contributed by atoms with Gasteiger partial charge in [0.05, 0.1) is 22.4 Å². The average Bonchev–Trinajstić information content (AvgIpc) is 3.58. The van der Waals surface area contributed by atoms with Crippen LogP contribution in [0.25, 0.3) is 83.9 Å². The van der Waals surface area contributed by atoms with Gasteiger partial charge in [0, 0.05) is 27.9 Å². The molecule has 0 N–H and O–H groups in total. The highest BCUT2D eigenvalue weighted by Crippen LogP contribution is 2.33. The first-order valence-corrected chi connectivity index (χ1v) is 16.4. The normalized spacial score (nSPS) is 11.3. The van der Waals surface area contributed by atoms with Crippen molar-refractivity contribution in [3.05, 3.63) is 182 Å². The lowest BCUT2D eigenvalue weighted by molar-refractivity contribution is 1.10. The van der Waals surface area contributed by atoms with Gasteiger partial charge in [-0.1, -0.05) is 140 Å². The minimum atomic E-state index is 0.694. The van der Waals surface area contributed by atoms with E-state index in [1.54, 1.807) is 0 Å². The molecule has 0 amide bonds. The van der Waals surface area contributed by atoms with Crippen LogP contribution in [0.5, 0.6) is 0 Å². The van der Waals surface area contributed by atoms with Gasteiger partial charge in [0.25, 0.3) is 0 Å². The Kier molecular flexibility index (Phi) is 7.10. The molecule has 4 heteroatoms. The van der Waals surface area contributed by atoms with Gasteiger partial charge in [0.2, 0.25) is 0 Å². The first kappa shape index (κ1) is 28.6. The van der Waals surface area contributed by atoms with E-state index in [2.05, 4.69) is 156 Å². The smallest absolute Gasteiger partial charge is 0.160 e. The molecule has 4 nitrogen and oxygen atoms in total. The van der Waals surface area contributed by atoms with E-state index in [0.717, 1.165) is 67.3 Å². The van der Waals surface area contributed by atoms with E-state index in [4.69, 9.17) is 15.0 Å². The monoisotopic (exact) mass is 626 g/mol. The molecule has 2 heterocycles. The first-order valence-electron chi connectivity index (χ1n) is 16.4. The maximum Gasteiger partial charge on any atom is 0.160 e. The average molecular weight is 627 g/mol. The summed E-state index contributed by atoms with van der Waals surface area (Å²) in [6, 6.07) is 63.2. The summed E-state index contributed by atoms with van der Waals surface area (Å²) in [4.78, 5) is 15.3. The highest BCUT2D eigenvalue weighted by Gasteiger charge is 2.15. The van der Waals surface area contributed by atoms with Gasteiger partial charge in [-0.2, -0.15) is 0 Å². The third-order valence-corrected chi connectivity index (χ3v) is 9.01. The van der Waals surface area contributed by atoms with Crippen molar-refractivity contribution in [1.82, 2.24) is 19.5 Å². The second-order valence-corrected chi connectivity index (χ2v) is 12.1. The molecule has 9 aromatic rings. The second-order valence-electron chi connectivity index (χ2n) is 12.1. The van der Waals surface area contributed by atoms with Crippen LogP contribution in [0.3, 0.4) is 0 Å². The highest BCUT2D eigenvalue weighted by molar-refractivity contribution is 5.88. The molecule has 7 aromatic carbocycles. The van der Waals surface area contributed by atoms with Crippen molar-refractivity contribution in [3.63, 3.8) is 0 Å². The number of hydrogen-bond donors (Lipinski definition) is 0. The van der Waals surface area contributed by atoms with Crippen LogP contribution in [0, 0.1) is 0 Å². The molecule has 0 atom stereocenters. The van der Waals surface area contributed by atoms with Crippen LogP contribution in [-0.4, -0.2) is 19.5 Å². The molecule has 0 aliphatic heterocycles. The van der Waals surface area contributed by atoms with Gasteiger partial charge >= 0.3 is 0 Å². The molecule has 0 aliphatic carbocycles. The van der Waals surface area contributed by atoms with E-state index >= 15 is 0 Å². The van der Waals surface area contributed by atoms with E-state index in [-0.39, 0.29) is 0 Å². The summed E-state index contributed by atoms with van der Waals surface area (Å²) in [7, 11) is 0. The maximum atomic E-state index is 5.13. The predicted molar refractivity (Wildman–Crippen MR) is 201 cm³/mol. The molecule has 0 fully saturated rings. The Morgan fingerprint density at radius 2 is 0.959 bits per heavy atom. The molecular weight excluding hydrogens is 597 g/mol. The third-order valence-electron chi connectivity index (χ3n) is 9.01. The zero-order valence-corrected chi connectivity index (χ0v) is 26.6. The summed E-state index contributed by atoms with van der Waals surface area (Å²) in [6.07, 6.45) is 0. The van der Waals surface area contributed by atoms with Crippen molar-refractivity contribution in [2.75, 3.05) is 0 Å². The van der Waals surface area contributed by atoms with Gasteiger partial charge in [0.1, 0.15) is 5.82 Å². The molecule has 0 saturated heterocycles. The number of nitrogens with zero attached hydrogens (tertiary/aromatic N) is 4. The molecule has 0 unspecified atom stereocenters. The molecule has 0 bridgehead atoms. The first-order chi connectivity index (χ1) is 24.3. The standard InChI is InChI=1S/C45H30N4/c1-3-13-33(14-4-1)41-30-42(37-27-24-31-12-7-8-15-35(31)28-37)47-44(46-41)38-17-11-16-36(29-38)32-22-25-34(26-23-32)45-48-40-20-9-10-21-43(40)49(45)39-18-5-2-6-19-39/h1-30H. The fraction of sp³-hybridized carbons (Fsp3) is 0. The van der Waals surface area contributed by atoms with E-state index in [9.17, 15) is 0 Å². The van der Waals surface area contributed by atoms with Crippen LogP contribution in [-0.2, 0) is 0 Å². The molecule has 0 radical (unpaired) electrons. The Balaban J connectivity index is 1.11. The summed E-state index contributed by atoms with van der Waals surface area (Å²) in [5.74, 6) is 1.61. The third kappa shape index (κ3) is 5.45. The van der Waals surface area contributed by atoms with Crippen LogP contribution in [0.15, 0.2) is 182 Å². The Hall–Kier alpha value is -6.65. The van der Waals surface area contributed by atoms with Crippen LogP contribution in [0.4, 0.5) is 0 Å². The van der Waals surface area contributed by atoms with Gasteiger partial charge in [-0.05, 0) is 64.4 Å². The van der Waals surface area contributed by atoms with Crippen LogP contribution >= 0.6 is 0 Å². The molecule has 0 aliphatic rings. The summed E-state index contributed by atoms with van der Waals surface area (Å²) < 4.78 is 2.23. The van der Waals surface area contributed by atoms with Gasteiger partial charge in [-0.25, -0.2) is 15.0 Å². The Morgan fingerprint density at radius 3 is 1.78 bits per heavy atom. The van der Waals surface area contributed by atoms with Crippen molar-refractivity contribution in [2.24, 2.45) is 0 Å². The zero-order chi connectivity index (χ0) is 32.6. The summed E-state index contributed by atoms with van der Waals surface area (Å²) in [5, 5.41) is 2.39. The van der Waals surface area contributed by atoms with Crippen molar-refractivity contribution in [3.8, 4) is 62.1 Å². The molecular formula is C45H30N4. The molecule has 0 saturated carbocycles. The van der Waals surface area contributed by atoms with Gasteiger partial charge in [0.15, 0.2) is 5.82 Å². The summed E-state index contributed by atoms with van der Waals surface area (Å²) in [6.45, 7) is 0. The quantitative estimate of drug-likeness (QED) is 0.184. The van der Waals surface area contributed by atoms with Crippen LogP contribution < -0.4 is 0 Å². The van der Waals surface area contributed by atoms with Gasteiger partial charge < -0.3 is 0 Å².